The predicted molar refractivity (Wildman–Crippen MR) is 87.7 cm³/mol. The molecule has 20 heavy (non-hydrogen) atoms. The summed E-state index contributed by atoms with van der Waals surface area (Å²) in [6.45, 7) is 0. The molecule has 0 rings (SSSR count). The molecule has 0 bridgehead atoms. The molecule has 0 aromatic carbocycles. The Morgan fingerprint density at radius 2 is 1.00 bits per heavy atom. The molecule has 0 spiro atoms. The average molecular weight is 363 g/mol. The molecule has 0 radical (unpaired) electrons. The van der Waals surface area contributed by atoms with Gasteiger partial charge in [-0.2, -0.15) is 0 Å². The van der Waals surface area contributed by atoms with Crippen LogP contribution < -0.4 is 0 Å². The average Bonchev–Trinajstić information content (AvgIpc) is 2.49. The van der Waals surface area contributed by atoms with Crippen molar-refractivity contribution in [2.75, 3.05) is 39.9 Å². The van der Waals surface area contributed by atoms with Crippen LogP contribution in [0.5, 0.6) is 0 Å². The maximum absolute atomic E-state index is 9.84. The highest BCUT2D eigenvalue weighted by molar-refractivity contribution is 8.76. The van der Waals surface area contributed by atoms with Crippen LogP contribution in [0.25, 0.3) is 0 Å². The van der Waals surface area contributed by atoms with Gasteiger partial charge in [0.2, 0.25) is 0 Å². The summed E-state index contributed by atoms with van der Waals surface area (Å²) >= 11 is 0. The third kappa shape index (κ3) is 9.02. The van der Waals surface area contributed by atoms with Crippen molar-refractivity contribution < 1.29 is 27.3 Å². The fourth-order valence-electron chi connectivity index (χ4n) is 1.40. The van der Waals surface area contributed by atoms with Gasteiger partial charge < -0.3 is 27.3 Å². The van der Waals surface area contributed by atoms with Crippen molar-refractivity contribution in [3.8, 4) is 0 Å². The van der Waals surface area contributed by atoms with Crippen molar-refractivity contribution in [3.63, 3.8) is 0 Å². The lowest BCUT2D eigenvalue weighted by molar-refractivity contribution is 0.150. The van der Waals surface area contributed by atoms with Gasteiger partial charge in [0, 0.05) is 52.0 Å². The van der Waals surface area contributed by atoms with Crippen LogP contribution in [0.4, 0.5) is 0 Å². The van der Waals surface area contributed by atoms with Crippen molar-refractivity contribution in [1.82, 2.24) is 0 Å². The molecule has 122 valence electrons. The molecule has 0 aliphatic rings. The molecule has 2 N–H and O–H groups in total. The minimum Gasteiger partial charge on any atom is -0.390 e. The van der Waals surface area contributed by atoms with Crippen LogP contribution in [0.1, 0.15) is 12.8 Å². The Morgan fingerprint density at radius 3 is 1.25 bits per heavy atom. The van der Waals surface area contributed by atoms with Crippen LogP contribution in [0, 0.1) is 0 Å². The monoisotopic (exact) mass is 362 g/mol. The van der Waals surface area contributed by atoms with Gasteiger partial charge in [-0.3, -0.25) is 0 Å². The quantitative estimate of drug-likeness (QED) is 0.291. The standard InChI is InChI=1S/C10H26O6S2Si2/c1-13-19(11,14-2)9-5-7-17-18-8-6-10-20(12,15-3)16-4/h11-12H,5-10H2,1-4H3. The van der Waals surface area contributed by atoms with Crippen LogP contribution in [-0.2, 0) is 17.7 Å². The van der Waals surface area contributed by atoms with E-state index in [1.807, 2.05) is 0 Å². The highest BCUT2D eigenvalue weighted by atomic mass is 33.1. The van der Waals surface area contributed by atoms with Crippen molar-refractivity contribution >= 4 is 39.2 Å². The minimum atomic E-state index is -2.89. The molecular formula is C10H26O6S2Si2. The Hall–Kier alpha value is 0.894. The van der Waals surface area contributed by atoms with E-state index in [9.17, 15) is 9.59 Å². The zero-order valence-corrected chi connectivity index (χ0v) is 16.2. The van der Waals surface area contributed by atoms with E-state index in [0.717, 1.165) is 24.3 Å². The third-order valence-corrected chi connectivity index (χ3v) is 9.90. The molecule has 0 amide bonds. The number of hydrogen-bond acceptors (Lipinski definition) is 8. The summed E-state index contributed by atoms with van der Waals surface area (Å²) in [4.78, 5) is 19.7. The molecular weight excluding hydrogens is 336 g/mol. The van der Waals surface area contributed by atoms with Gasteiger partial charge in [-0.05, 0) is 12.8 Å². The predicted octanol–water partition coefficient (Wildman–Crippen LogP) is 1.60. The van der Waals surface area contributed by atoms with E-state index in [1.165, 1.54) is 28.4 Å². The van der Waals surface area contributed by atoms with Gasteiger partial charge >= 0.3 is 17.6 Å². The lowest BCUT2D eigenvalue weighted by atomic mass is 10.6. The topological polar surface area (TPSA) is 77.4 Å². The highest BCUT2D eigenvalue weighted by Gasteiger charge is 2.34. The first-order valence-corrected chi connectivity index (χ1v) is 12.8. The number of rotatable bonds is 13. The lowest BCUT2D eigenvalue weighted by Gasteiger charge is -2.19. The van der Waals surface area contributed by atoms with Crippen LogP contribution >= 0.6 is 21.6 Å². The summed E-state index contributed by atoms with van der Waals surface area (Å²) in [6, 6.07) is 1.15. The molecule has 0 aliphatic heterocycles. The minimum absolute atomic E-state index is 0.577. The van der Waals surface area contributed by atoms with Gasteiger partial charge in [0.25, 0.3) is 0 Å². The smallest absolute Gasteiger partial charge is 0.390 e. The largest absolute Gasteiger partial charge is 0.497 e. The van der Waals surface area contributed by atoms with Crippen LogP contribution in [0.3, 0.4) is 0 Å². The summed E-state index contributed by atoms with van der Waals surface area (Å²) < 4.78 is 20.0. The summed E-state index contributed by atoms with van der Waals surface area (Å²) in [7, 11) is 3.64. The van der Waals surface area contributed by atoms with Crippen molar-refractivity contribution in [1.29, 1.82) is 0 Å². The van der Waals surface area contributed by atoms with Gasteiger partial charge in [-0.15, -0.1) is 0 Å². The van der Waals surface area contributed by atoms with Gasteiger partial charge in [0.05, 0.1) is 0 Å². The second kappa shape index (κ2) is 11.5. The molecule has 0 saturated heterocycles. The Morgan fingerprint density at radius 1 is 0.700 bits per heavy atom. The van der Waals surface area contributed by atoms with E-state index < -0.39 is 17.6 Å². The second-order valence-corrected chi connectivity index (χ2v) is 12.3. The summed E-state index contributed by atoms with van der Waals surface area (Å²) in [6.07, 6.45) is 1.72. The fourth-order valence-corrected chi connectivity index (χ4v) is 6.49. The second-order valence-electron chi connectivity index (χ2n) is 4.09. The van der Waals surface area contributed by atoms with Crippen molar-refractivity contribution in [2.45, 2.75) is 24.9 Å². The van der Waals surface area contributed by atoms with Crippen molar-refractivity contribution in [3.05, 3.63) is 0 Å². The first-order chi connectivity index (χ1) is 9.45. The Labute approximate surface area is 131 Å². The lowest BCUT2D eigenvalue weighted by Crippen LogP contribution is -2.40. The van der Waals surface area contributed by atoms with E-state index >= 15 is 0 Å². The van der Waals surface area contributed by atoms with Crippen LogP contribution in [0.15, 0.2) is 0 Å². The first-order valence-electron chi connectivity index (χ1n) is 6.35. The summed E-state index contributed by atoms with van der Waals surface area (Å²) in [5, 5.41) is 0. The Balaban J connectivity index is 3.50. The van der Waals surface area contributed by atoms with E-state index in [2.05, 4.69) is 0 Å². The van der Waals surface area contributed by atoms with Crippen LogP contribution in [0.2, 0.25) is 12.1 Å². The van der Waals surface area contributed by atoms with Gasteiger partial charge in [0.15, 0.2) is 0 Å². The first kappa shape index (κ1) is 20.9. The van der Waals surface area contributed by atoms with E-state index in [1.54, 1.807) is 21.6 Å². The van der Waals surface area contributed by atoms with Crippen molar-refractivity contribution in [2.24, 2.45) is 0 Å². The zero-order valence-electron chi connectivity index (χ0n) is 12.6. The SMILES string of the molecule is CO[Si](O)(CCCSSCCC[Si](O)(OC)OC)OC. The molecule has 6 nitrogen and oxygen atoms in total. The van der Waals surface area contributed by atoms with Gasteiger partial charge in [-0.1, -0.05) is 21.6 Å². The van der Waals surface area contributed by atoms with Gasteiger partial charge in [0.1, 0.15) is 0 Å². The Bertz CT molecular complexity index is 218. The maximum Gasteiger partial charge on any atom is 0.497 e. The number of hydrogen-bond donors (Lipinski definition) is 2. The molecule has 10 heteroatoms. The third-order valence-electron chi connectivity index (χ3n) is 2.80. The van der Waals surface area contributed by atoms with Gasteiger partial charge in [-0.25, -0.2) is 0 Å². The molecule has 0 unspecified atom stereocenters. The summed E-state index contributed by atoms with van der Waals surface area (Å²) in [5.74, 6) is 1.87. The highest BCUT2D eigenvalue weighted by Crippen LogP contribution is 2.26. The molecule has 0 saturated carbocycles. The normalized spacial score (nSPS) is 12.9. The molecule has 0 fully saturated rings. The Kier molecular flexibility index (Phi) is 12.0. The maximum atomic E-state index is 9.84. The van der Waals surface area contributed by atoms with E-state index in [4.69, 9.17) is 17.7 Å². The molecule has 0 heterocycles. The van der Waals surface area contributed by atoms with E-state index in [0.29, 0.717) is 12.1 Å². The van der Waals surface area contributed by atoms with Crippen LogP contribution in [-0.4, -0.2) is 67.1 Å². The molecule has 0 aromatic rings. The zero-order chi connectivity index (χ0) is 15.5. The molecule has 0 aliphatic carbocycles. The fraction of sp³-hybridized carbons (Fsp3) is 1.00. The molecule has 0 aromatic heterocycles. The molecule has 0 atom stereocenters. The van der Waals surface area contributed by atoms with E-state index in [-0.39, 0.29) is 0 Å². The summed E-state index contributed by atoms with van der Waals surface area (Å²) in [5.41, 5.74) is 0.